The van der Waals surface area contributed by atoms with Crippen LogP contribution in [0.3, 0.4) is 0 Å². The van der Waals surface area contributed by atoms with E-state index < -0.39 is 6.61 Å². The molecule has 5 nitrogen and oxygen atoms in total. The van der Waals surface area contributed by atoms with Crippen LogP contribution < -0.4 is 9.47 Å². The van der Waals surface area contributed by atoms with Gasteiger partial charge in [0.25, 0.3) is 0 Å². The van der Waals surface area contributed by atoms with Crippen molar-refractivity contribution < 1.29 is 18.3 Å². The van der Waals surface area contributed by atoms with Crippen molar-refractivity contribution in [1.29, 1.82) is 0 Å². The van der Waals surface area contributed by atoms with E-state index in [-0.39, 0.29) is 5.75 Å². The molecule has 0 bridgehead atoms. The van der Waals surface area contributed by atoms with Crippen LogP contribution in [0.2, 0.25) is 0 Å². The van der Waals surface area contributed by atoms with Gasteiger partial charge in [-0.1, -0.05) is 0 Å². The van der Waals surface area contributed by atoms with Gasteiger partial charge in [0.05, 0.1) is 11.6 Å². The van der Waals surface area contributed by atoms with E-state index in [2.05, 4.69) is 35.4 Å². The van der Waals surface area contributed by atoms with Gasteiger partial charge in [-0.15, -0.1) is 0 Å². The van der Waals surface area contributed by atoms with Crippen molar-refractivity contribution in [2.75, 3.05) is 59.5 Å². The Morgan fingerprint density at radius 3 is 2.15 bits per heavy atom. The summed E-state index contributed by atoms with van der Waals surface area (Å²) in [5.41, 5.74) is 1.02. The highest BCUT2D eigenvalue weighted by molar-refractivity contribution is 9.10. The number of hydrogen-bond donors (Lipinski definition) is 0. The molecule has 2 aliphatic heterocycles. The van der Waals surface area contributed by atoms with E-state index in [9.17, 15) is 8.78 Å². The molecule has 152 valence electrons. The average Bonchev–Trinajstić information content (AvgIpc) is 3.16. The molecule has 0 atom stereocenters. The first-order chi connectivity index (χ1) is 13.0. The van der Waals surface area contributed by atoms with Gasteiger partial charge in [-0.3, -0.25) is 9.80 Å². The quantitative estimate of drug-likeness (QED) is 0.609. The minimum absolute atomic E-state index is 0.0444. The zero-order valence-corrected chi connectivity index (χ0v) is 17.4. The fraction of sp³-hybridized carbons (Fsp3) is 0.684. The van der Waals surface area contributed by atoms with Crippen LogP contribution in [0.4, 0.5) is 8.78 Å². The standard InChI is InChI=1S/C19H28BrF2N3O2/c1-26-17-13-15(12-16(20)18(17)27-19(21)22)14-25-10-8-24(9-11-25)7-6-23-4-2-3-5-23/h12-13,19H,2-11,14H2,1H3. The van der Waals surface area contributed by atoms with Gasteiger partial charge in [-0.2, -0.15) is 8.78 Å². The Balaban J connectivity index is 1.50. The summed E-state index contributed by atoms with van der Waals surface area (Å²) in [6, 6.07) is 3.61. The van der Waals surface area contributed by atoms with E-state index in [0.717, 1.165) is 44.8 Å². The molecule has 0 amide bonds. The smallest absolute Gasteiger partial charge is 0.387 e. The second-order valence-electron chi connectivity index (χ2n) is 7.15. The van der Waals surface area contributed by atoms with Crippen molar-refractivity contribution in [2.45, 2.75) is 26.0 Å². The predicted molar refractivity (Wildman–Crippen MR) is 105 cm³/mol. The predicted octanol–water partition coefficient (Wildman–Crippen LogP) is 3.27. The number of halogens is 3. The third-order valence-corrected chi connectivity index (χ3v) is 5.89. The number of ether oxygens (including phenoxy) is 2. The van der Waals surface area contributed by atoms with E-state index in [1.165, 1.54) is 39.6 Å². The van der Waals surface area contributed by atoms with Gasteiger partial charge in [0.2, 0.25) is 0 Å². The number of likely N-dealkylation sites (tertiary alicyclic amines) is 1. The SMILES string of the molecule is COc1cc(CN2CCN(CCN3CCCC3)CC2)cc(Br)c1OC(F)F. The summed E-state index contributed by atoms with van der Waals surface area (Å²) in [5, 5.41) is 0. The van der Waals surface area contributed by atoms with Crippen LogP contribution in [0, 0.1) is 0 Å². The lowest BCUT2D eigenvalue weighted by Crippen LogP contribution is -2.47. The summed E-state index contributed by atoms with van der Waals surface area (Å²) in [6.07, 6.45) is 2.68. The zero-order chi connectivity index (χ0) is 19.2. The molecule has 27 heavy (non-hydrogen) atoms. The van der Waals surface area contributed by atoms with Gasteiger partial charge >= 0.3 is 6.61 Å². The largest absolute Gasteiger partial charge is 0.493 e. The molecule has 0 unspecified atom stereocenters. The van der Waals surface area contributed by atoms with E-state index in [1.807, 2.05) is 6.07 Å². The second-order valence-corrected chi connectivity index (χ2v) is 8.01. The van der Waals surface area contributed by atoms with Crippen LogP contribution in [0.15, 0.2) is 16.6 Å². The van der Waals surface area contributed by atoms with Crippen LogP contribution in [0.5, 0.6) is 11.5 Å². The monoisotopic (exact) mass is 447 g/mol. The van der Waals surface area contributed by atoms with Crippen molar-refractivity contribution in [3.63, 3.8) is 0 Å². The van der Waals surface area contributed by atoms with Crippen molar-refractivity contribution in [3.05, 3.63) is 22.2 Å². The van der Waals surface area contributed by atoms with Crippen molar-refractivity contribution in [1.82, 2.24) is 14.7 Å². The number of nitrogens with zero attached hydrogens (tertiary/aromatic N) is 3. The summed E-state index contributed by atoms with van der Waals surface area (Å²) < 4.78 is 35.4. The summed E-state index contributed by atoms with van der Waals surface area (Å²) >= 11 is 3.32. The molecule has 0 spiro atoms. The Morgan fingerprint density at radius 2 is 1.56 bits per heavy atom. The molecule has 2 fully saturated rings. The lowest BCUT2D eigenvalue weighted by Gasteiger charge is -2.35. The highest BCUT2D eigenvalue weighted by Crippen LogP contribution is 2.38. The third-order valence-electron chi connectivity index (χ3n) is 5.30. The van der Waals surface area contributed by atoms with E-state index in [0.29, 0.717) is 10.2 Å². The van der Waals surface area contributed by atoms with E-state index >= 15 is 0 Å². The molecule has 0 aromatic heterocycles. The minimum atomic E-state index is -2.88. The number of benzene rings is 1. The molecule has 8 heteroatoms. The topological polar surface area (TPSA) is 28.2 Å². The molecule has 2 heterocycles. The molecule has 0 N–H and O–H groups in total. The highest BCUT2D eigenvalue weighted by atomic mass is 79.9. The van der Waals surface area contributed by atoms with Crippen LogP contribution in [0.1, 0.15) is 18.4 Å². The molecule has 1 aromatic rings. The van der Waals surface area contributed by atoms with Crippen molar-refractivity contribution in [3.8, 4) is 11.5 Å². The first-order valence-electron chi connectivity index (χ1n) is 9.53. The van der Waals surface area contributed by atoms with Crippen LogP contribution in [-0.2, 0) is 6.54 Å². The van der Waals surface area contributed by atoms with Crippen LogP contribution in [0.25, 0.3) is 0 Å². The van der Waals surface area contributed by atoms with Crippen molar-refractivity contribution in [2.24, 2.45) is 0 Å². The highest BCUT2D eigenvalue weighted by Gasteiger charge is 2.21. The van der Waals surface area contributed by atoms with Gasteiger partial charge in [-0.05, 0) is 59.6 Å². The molecule has 2 saturated heterocycles. The molecule has 0 saturated carbocycles. The first kappa shape index (κ1) is 20.8. The van der Waals surface area contributed by atoms with Gasteiger partial charge in [0.15, 0.2) is 11.5 Å². The number of hydrogen-bond acceptors (Lipinski definition) is 5. The lowest BCUT2D eigenvalue weighted by atomic mass is 10.1. The normalized spacial score (nSPS) is 19.7. The van der Waals surface area contributed by atoms with Gasteiger partial charge in [0, 0.05) is 45.8 Å². The van der Waals surface area contributed by atoms with Crippen LogP contribution >= 0.6 is 15.9 Å². The van der Waals surface area contributed by atoms with E-state index in [1.54, 1.807) is 6.07 Å². The third kappa shape index (κ3) is 6.01. The molecule has 0 radical (unpaired) electrons. The fourth-order valence-electron chi connectivity index (χ4n) is 3.79. The maximum atomic E-state index is 12.6. The van der Waals surface area contributed by atoms with Gasteiger partial charge < -0.3 is 14.4 Å². The maximum absolute atomic E-state index is 12.6. The molecule has 3 rings (SSSR count). The molecule has 1 aromatic carbocycles. The molecular weight excluding hydrogens is 420 g/mol. The van der Waals surface area contributed by atoms with E-state index in [4.69, 9.17) is 4.74 Å². The number of rotatable bonds is 8. The zero-order valence-electron chi connectivity index (χ0n) is 15.8. The molecule has 2 aliphatic rings. The number of alkyl halides is 2. The minimum Gasteiger partial charge on any atom is -0.493 e. The number of methoxy groups -OCH3 is 1. The Hall–Kier alpha value is -0.960. The maximum Gasteiger partial charge on any atom is 0.387 e. The Kier molecular flexibility index (Phi) is 7.69. The Morgan fingerprint density at radius 1 is 0.963 bits per heavy atom. The van der Waals surface area contributed by atoms with Gasteiger partial charge in [0.1, 0.15) is 0 Å². The Labute approximate surface area is 168 Å². The summed E-state index contributed by atoms with van der Waals surface area (Å²) in [4.78, 5) is 7.48. The first-order valence-corrected chi connectivity index (χ1v) is 10.3. The number of piperazine rings is 1. The fourth-order valence-corrected chi connectivity index (χ4v) is 4.37. The summed E-state index contributed by atoms with van der Waals surface area (Å²) in [7, 11) is 1.46. The average molecular weight is 448 g/mol. The summed E-state index contributed by atoms with van der Waals surface area (Å²) in [5.74, 6) is 0.368. The van der Waals surface area contributed by atoms with Crippen molar-refractivity contribution >= 4 is 15.9 Å². The second kappa shape index (κ2) is 10.0. The molecule has 0 aliphatic carbocycles. The van der Waals surface area contributed by atoms with Gasteiger partial charge in [-0.25, -0.2) is 0 Å². The van der Waals surface area contributed by atoms with Crippen LogP contribution in [-0.4, -0.2) is 80.8 Å². The molecular formula is C19H28BrF2N3O2. The Bertz CT molecular complexity index is 607. The lowest BCUT2D eigenvalue weighted by molar-refractivity contribution is -0.0517. The summed E-state index contributed by atoms with van der Waals surface area (Å²) in [6.45, 7) is 6.87.